The lowest BCUT2D eigenvalue weighted by molar-refractivity contribution is 0.102. The predicted octanol–water partition coefficient (Wildman–Crippen LogP) is 3.88. The summed E-state index contributed by atoms with van der Waals surface area (Å²) in [6, 6.07) is 11.1. The molecule has 1 amide bonds. The minimum Gasteiger partial charge on any atom is -0.338 e. The molecule has 1 aromatic carbocycles. The standard InChI is InChI=1S/C22H21FN6O2/c1-14-5-6-15(21-26-22(27-31-21)28-10-7-16(23)8-11-28)12-17(14)25-20(30)18-13-24-19-4-2-3-9-29(18)19/h2-6,9,12-13,16H,7-8,10-11H2,1H3,(H,25,30). The van der Waals surface area contributed by atoms with Crippen LogP contribution in [0.2, 0.25) is 0 Å². The maximum atomic E-state index is 13.4. The SMILES string of the molecule is Cc1ccc(-c2nc(N3CCC(F)CC3)no2)cc1NC(=O)c1cnc2ccccn12. The van der Waals surface area contributed by atoms with Crippen molar-refractivity contribution in [2.75, 3.05) is 23.3 Å². The van der Waals surface area contributed by atoms with E-state index in [4.69, 9.17) is 4.52 Å². The van der Waals surface area contributed by atoms with Gasteiger partial charge in [-0.3, -0.25) is 9.20 Å². The van der Waals surface area contributed by atoms with E-state index in [1.165, 1.54) is 0 Å². The summed E-state index contributed by atoms with van der Waals surface area (Å²) in [6.45, 7) is 3.04. The number of fused-ring (bicyclic) bond motifs is 1. The number of nitrogens with zero attached hydrogens (tertiary/aromatic N) is 5. The molecular formula is C22H21FN6O2. The molecule has 0 saturated carbocycles. The van der Waals surface area contributed by atoms with E-state index in [0.717, 1.165) is 5.56 Å². The number of benzene rings is 1. The van der Waals surface area contributed by atoms with E-state index in [9.17, 15) is 9.18 Å². The van der Waals surface area contributed by atoms with Gasteiger partial charge in [0.25, 0.3) is 17.7 Å². The molecule has 1 saturated heterocycles. The zero-order valence-corrected chi connectivity index (χ0v) is 17.0. The van der Waals surface area contributed by atoms with Gasteiger partial charge >= 0.3 is 0 Å². The minimum atomic E-state index is -0.765. The third-order valence-electron chi connectivity index (χ3n) is 5.51. The Morgan fingerprint density at radius 2 is 2.06 bits per heavy atom. The second-order valence-corrected chi connectivity index (χ2v) is 7.62. The Morgan fingerprint density at radius 1 is 1.23 bits per heavy atom. The second-order valence-electron chi connectivity index (χ2n) is 7.62. The second kappa shape index (κ2) is 7.82. The van der Waals surface area contributed by atoms with Crippen molar-refractivity contribution in [2.45, 2.75) is 25.9 Å². The summed E-state index contributed by atoms with van der Waals surface area (Å²) < 4.78 is 20.6. The number of carbonyl (C=O) groups excluding carboxylic acids is 1. The van der Waals surface area contributed by atoms with E-state index < -0.39 is 6.17 Å². The summed E-state index contributed by atoms with van der Waals surface area (Å²) in [4.78, 5) is 23.5. The highest BCUT2D eigenvalue weighted by Crippen LogP contribution is 2.27. The summed E-state index contributed by atoms with van der Waals surface area (Å²) in [5.74, 6) is 0.542. The quantitative estimate of drug-likeness (QED) is 0.539. The van der Waals surface area contributed by atoms with Crippen molar-refractivity contribution < 1.29 is 13.7 Å². The van der Waals surface area contributed by atoms with E-state index >= 15 is 0 Å². The Bertz CT molecular complexity index is 1240. The number of rotatable bonds is 4. The van der Waals surface area contributed by atoms with Gasteiger partial charge in [0.2, 0.25) is 0 Å². The van der Waals surface area contributed by atoms with Crippen LogP contribution in [0.3, 0.4) is 0 Å². The van der Waals surface area contributed by atoms with Crippen LogP contribution in [0.4, 0.5) is 16.0 Å². The fourth-order valence-corrected chi connectivity index (χ4v) is 3.69. The minimum absolute atomic E-state index is 0.265. The van der Waals surface area contributed by atoms with Crippen LogP contribution in [-0.4, -0.2) is 44.7 Å². The summed E-state index contributed by atoms with van der Waals surface area (Å²) in [7, 11) is 0. The van der Waals surface area contributed by atoms with Crippen LogP contribution in [0, 0.1) is 6.92 Å². The summed E-state index contributed by atoms with van der Waals surface area (Å²) in [5, 5.41) is 7.00. The summed E-state index contributed by atoms with van der Waals surface area (Å²) in [6.07, 6.45) is 3.52. The number of aryl methyl sites for hydroxylation is 1. The number of imidazole rings is 1. The van der Waals surface area contributed by atoms with Gasteiger partial charge in [0.1, 0.15) is 17.5 Å². The Balaban J connectivity index is 1.38. The maximum absolute atomic E-state index is 13.4. The number of piperidine rings is 1. The van der Waals surface area contributed by atoms with Crippen LogP contribution >= 0.6 is 0 Å². The van der Waals surface area contributed by atoms with Gasteiger partial charge in [-0.25, -0.2) is 9.37 Å². The number of nitrogens with one attached hydrogen (secondary N) is 1. The molecule has 0 radical (unpaired) electrons. The van der Waals surface area contributed by atoms with Gasteiger partial charge in [-0.05, 0) is 54.8 Å². The maximum Gasteiger partial charge on any atom is 0.274 e. The molecule has 1 fully saturated rings. The van der Waals surface area contributed by atoms with Gasteiger partial charge in [0, 0.05) is 30.5 Å². The first-order valence-corrected chi connectivity index (χ1v) is 10.2. The third-order valence-corrected chi connectivity index (χ3v) is 5.51. The Hall–Kier alpha value is -3.75. The molecule has 5 rings (SSSR count). The van der Waals surface area contributed by atoms with Gasteiger partial charge in [0.15, 0.2) is 0 Å². The van der Waals surface area contributed by atoms with Crippen LogP contribution in [0.1, 0.15) is 28.9 Å². The number of aromatic nitrogens is 4. The molecule has 4 aromatic rings. The van der Waals surface area contributed by atoms with Crippen molar-refractivity contribution in [3.63, 3.8) is 0 Å². The smallest absolute Gasteiger partial charge is 0.274 e. The van der Waals surface area contributed by atoms with Gasteiger partial charge in [0.05, 0.1) is 6.20 Å². The molecule has 158 valence electrons. The van der Waals surface area contributed by atoms with E-state index in [1.807, 2.05) is 48.2 Å². The predicted molar refractivity (Wildman–Crippen MR) is 114 cm³/mol. The van der Waals surface area contributed by atoms with Crippen LogP contribution in [0.15, 0.2) is 53.3 Å². The molecule has 9 heteroatoms. The van der Waals surface area contributed by atoms with Crippen LogP contribution in [0.5, 0.6) is 0 Å². The number of hydrogen-bond acceptors (Lipinski definition) is 6. The molecule has 1 N–H and O–H groups in total. The largest absolute Gasteiger partial charge is 0.338 e. The molecule has 31 heavy (non-hydrogen) atoms. The van der Waals surface area contributed by atoms with Crippen molar-refractivity contribution in [2.24, 2.45) is 0 Å². The van der Waals surface area contributed by atoms with E-state index in [0.29, 0.717) is 60.4 Å². The number of anilines is 2. The lowest BCUT2D eigenvalue weighted by atomic mass is 10.1. The van der Waals surface area contributed by atoms with Crippen molar-refractivity contribution in [1.82, 2.24) is 19.5 Å². The molecule has 1 aliphatic rings. The van der Waals surface area contributed by atoms with Gasteiger partial charge in [-0.15, -0.1) is 0 Å². The molecule has 0 spiro atoms. The number of hydrogen-bond donors (Lipinski definition) is 1. The monoisotopic (exact) mass is 420 g/mol. The normalized spacial score (nSPS) is 14.8. The summed E-state index contributed by atoms with van der Waals surface area (Å²) >= 11 is 0. The number of carbonyl (C=O) groups is 1. The topological polar surface area (TPSA) is 88.6 Å². The first-order chi connectivity index (χ1) is 15.1. The molecule has 0 bridgehead atoms. The van der Waals surface area contributed by atoms with Gasteiger partial charge in [-0.1, -0.05) is 12.1 Å². The van der Waals surface area contributed by atoms with E-state index in [1.54, 1.807) is 16.8 Å². The zero-order valence-electron chi connectivity index (χ0n) is 17.0. The van der Waals surface area contributed by atoms with Crippen molar-refractivity contribution in [1.29, 1.82) is 0 Å². The average molecular weight is 420 g/mol. The first kappa shape index (κ1) is 19.2. The van der Waals surface area contributed by atoms with Crippen LogP contribution < -0.4 is 10.2 Å². The van der Waals surface area contributed by atoms with Crippen molar-refractivity contribution >= 4 is 23.2 Å². The Labute approximate surface area is 177 Å². The van der Waals surface area contributed by atoms with Crippen LogP contribution in [0.25, 0.3) is 17.1 Å². The average Bonchev–Trinajstić information content (AvgIpc) is 3.43. The fourth-order valence-electron chi connectivity index (χ4n) is 3.69. The molecule has 0 aliphatic carbocycles. The van der Waals surface area contributed by atoms with Gasteiger partial charge < -0.3 is 14.7 Å². The number of amides is 1. The zero-order chi connectivity index (χ0) is 21.4. The van der Waals surface area contributed by atoms with Crippen molar-refractivity contribution in [3.8, 4) is 11.5 Å². The third kappa shape index (κ3) is 3.74. The Kier molecular flexibility index (Phi) is 4.85. The lowest BCUT2D eigenvalue weighted by Gasteiger charge is -2.26. The number of alkyl halides is 1. The molecule has 8 nitrogen and oxygen atoms in total. The van der Waals surface area contributed by atoms with Crippen molar-refractivity contribution in [3.05, 3.63) is 60.0 Å². The van der Waals surface area contributed by atoms with Gasteiger partial charge in [-0.2, -0.15) is 4.98 Å². The highest BCUT2D eigenvalue weighted by molar-refractivity contribution is 6.04. The summed E-state index contributed by atoms with van der Waals surface area (Å²) in [5.41, 5.74) is 3.38. The molecule has 1 aliphatic heterocycles. The molecule has 4 heterocycles. The first-order valence-electron chi connectivity index (χ1n) is 10.2. The Morgan fingerprint density at radius 3 is 2.90 bits per heavy atom. The van der Waals surface area contributed by atoms with E-state index in [2.05, 4.69) is 20.4 Å². The molecule has 3 aromatic heterocycles. The van der Waals surface area contributed by atoms with E-state index in [-0.39, 0.29) is 5.91 Å². The molecule has 0 unspecified atom stereocenters. The fraction of sp³-hybridized carbons (Fsp3) is 0.273. The van der Waals surface area contributed by atoms with Crippen LogP contribution in [-0.2, 0) is 0 Å². The highest BCUT2D eigenvalue weighted by atomic mass is 19.1. The number of pyridine rings is 1. The molecular weight excluding hydrogens is 399 g/mol. The highest BCUT2D eigenvalue weighted by Gasteiger charge is 2.23. The lowest BCUT2D eigenvalue weighted by Crippen LogP contribution is -2.35. The number of halogens is 1. The molecule has 0 atom stereocenters.